The summed E-state index contributed by atoms with van der Waals surface area (Å²) in [4.78, 5) is 126. The molecule has 0 saturated carbocycles. The summed E-state index contributed by atoms with van der Waals surface area (Å²) in [5, 5.41) is 34.7. The maximum atomic E-state index is 14.4. The molecule has 1 aliphatic heterocycles. The average Bonchev–Trinajstić information content (AvgIpc) is 3.34. The van der Waals surface area contributed by atoms with Gasteiger partial charge in [0.05, 0.1) is 12.5 Å². The van der Waals surface area contributed by atoms with Gasteiger partial charge in [-0.15, -0.1) is 0 Å². The van der Waals surface area contributed by atoms with E-state index in [9.17, 15) is 48.3 Å². The summed E-state index contributed by atoms with van der Waals surface area (Å²) in [6.45, 7) is 8.90. The van der Waals surface area contributed by atoms with Crippen molar-refractivity contribution >= 4 is 53.2 Å². The molecule has 0 bridgehead atoms. The highest BCUT2D eigenvalue weighted by Crippen LogP contribution is 2.13. The Labute approximate surface area is 436 Å². The van der Waals surface area contributed by atoms with Gasteiger partial charge in [-0.2, -0.15) is 0 Å². The van der Waals surface area contributed by atoms with Crippen molar-refractivity contribution in [1.29, 1.82) is 0 Å². The van der Waals surface area contributed by atoms with Gasteiger partial charge in [0.2, 0.25) is 53.2 Å². The van der Waals surface area contributed by atoms with E-state index in [-0.39, 0.29) is 102 Å². The first kappa shape index (κ1) is 64.4. The number of aliphatic hydroxyl groups is 1. The minimum Gasteiger partial charge on any atom is -0.393 e. The highest BCUT2D eigenvalue weighted by Gasteiger charge is 2.35. The Hall–Kier alpha value is -5.75. The van der Waals surface area contributed by atoms with E-state index < -0.39 is 108 Å². The second-order valence-electron chi connectivity index (χ2n) is 19.9. The van der Waals surface area contributed by atoms with Crippen LogP contribution in [0.2, 0.25) is 0 Å². The second kappa shape index (κ2) is 35.4. The molecule has 1 aromatic rings. The quantitative estimate of drug-likeness (QED) is 0.0482. The molecule has 1 fully saturated rings. The van der Waals surface area contributed by atoms with Crippen LogP contribution in [0.5, 0.6) is 0 Å². The van der Waals surface area contributed by atoms with Gasteiger partial charge in [-0.3, -0.25) is 43.2 Å². The minimum atomic E-state index is -1.47. The van der Waals surface area contributed by atoms with Crippen molar-refractivity contribution in [1.82, 2.24) is 47.9 Å². The van der Waals surface area contributed by atoms with Crippen LogP contribution in [0.4, 0.5) is 0 Å². The zero-order valence-electron chi connectivity index (χ0n) is 44.3. The van der Waals surface area contributed by atoms with Crippen LogP contribution in [0, 0.1) is 11.8 Å². The highest BCUT2D eigenvalue weighted by atomic mass is 16.3. The maximum absolute atomic E-state index is 14.4. The van der Waals surface area contributed by atoms with Crippen molar-refractivity contribution in [3.63, 3.8) is 0 Å². The molecule has 1 aromatic carbocycles. The number of nitrogens with two attached hydrogens (primary N) is 4. The largest absolute Gasteiger partial charge is 0.393 e. The number of carbonyl (C=O) groups is 9. The molecule has 1 saturated heterocycles. The second-order valence-corrected chi connectivity index (χ2v) is 19.9. The lowest BCUT2D eigenvalue weighted by atomic mass is 10.00. The van der Waals surface area contributed by atoms with Crippen molar-refractivity contribution in [2.24, 2.45) is 34.8 Å². The molecule has 1 heterocycles. The van der Waals surface area contributed by atoms with Gasteiger partial charge in [-0.1, -0.05) is 97.1 Å². The fourth-order valence-corrected chi connectivity index (χ4v) is 8.40. The summed E-state index contributed by atoms with van der Waals surface area (Å²) >= 11 is 0. The van der Waals surface area contributed by atoms with E-state index in [1.165, 1.54) is 0 Å². The summed E-state index contributed by atoms with van der Waals surface area (Å²) in [7, 11) is 0. The Balaban J connectivity index is 2.68. The fourth-order valence-electron chi connectivity index (χ4n) is 8.40. The van der Waals surface area contributed by atoms with Crippen LogP contribution in [0.1, 0.15) is 130 Å². The van der Waals surface area contributed by atoms with Crippen LogP contribution in [0.25, 0.3) is 0 Å². The van der Waals surface area contributed by atoms with Gasteiger partial charge < -0.3 is 75.9 Å². The SMILES string of the molecule is CCCCCCCC(O)CC(=O)N[C@H](CCN)C(=O)N[C@H]1CCNC(=O)[C@H](CC(C)C)NC(=O)[C@H](CCN)NC(=O)[C@H](CCN)NC(=O)[C@H](CC(C)C)NC(=O)[C@@H](Cc2ccccc2)NC(=O)[C@H](CCN)NC1=O. The summed E-state index contributed by atoms with van der Waals surface area (Å²) in [6.07, 6.45) is 3.59. The molecule has 0 aromatic heterocycles. The van der Waals surface area contributed by atoms with E-state index in [2.05, 4.69) is 54.8 Å². The Morgan fingerprint density at radius 2 is 1.05 bits per heavy atom. The van der Waals surface area contributed by atoms with Gasteiger partial charge in [0.1, 0.15) is 48.3 Å². The molecule has 0 radical (unpaired) electrons. The summed E-state index contributed by atoms with van der Waals surface area (Å²) < 4.78 is 0. The Bertz CT molecular complexity index is 1930. The fraction of sp³-hybridized carbons (Fsp3) is 0.706. The van der Waals surface area contributed by atoms with Gasteiger partial charge in [0.15, 0.2) is 0 Å². The van der Waals surface area contributed by atoms with Crippen LogP contribution in [-0.2, 0) is 49.6 Å². The highest BCUT2D eigenvalue weighted by molar-refractivity contribution is 5.98. The molecule has 9 atom stereocenters. The zero-order valence-corrected chi connectivity index (χ0v) is 44.3. The molecular formula is C51H89N13O10. The van der Waals surface area contributed by atoms with Crippen LogP contribution >= 0.6 is 0 Å². The molecule has 0 spiro atoms. The van der Waals surface area contributed by atoms with Gasteiger partial charge in [0.25, 0.3) is 0 Å². The number of unbranched alkanes of at least 4 members (excludes halogenated alkanes) is 4. The molecule has 1 unspecified atom stereocenters. The van der Waals surface area contributed by atoms with Gasteiger partial charge in [-0.25, -0.2) is 0 Å². The topological polar surface area (TPSA) is 386 Å². The van der Waals surface area contributed by atoms with Gasteiger partial charge in [-0.05, 0) is 94.9 Å². The Morgan fingerprint density at radius 3 is 1.55 bits per heavy atom. The van der Waals surface area contributed by atoms with E-state index in [1.807, 2.05) is 27.7 Å². The maximum Gasteiger partial charge on any atom is 0.243 e. The molecule has 18 N–H and O–H groups in total. The smallest absolute Gasteiger partial charge is 0.243 e. The van der Waals surface area contributed by atoms with E-state index >= 15 is 0 Å². The minimum absolute atomic E-state index is 0.0440. The number of carbonyl (C=O) groups excluding carboxylic acids is 9. The summed E-state index contributed by atoms with van der Waals surface area (Å²) in [6, 6.07) is -1.57. The van der Waals surface area contributed by atoms with Crippen molar-refractivity contribution < 1.29 is 48.3 Å². The molecule has 1 aliphatic rings. The van der Waals surface area contributed by atoms with Gasteiger partial charge >= 0.3 is 0 Å². The normalized spacial score (nSPS) is 23.0. The van der Waals surface area contributed by atoms with E-state index in [1.54, 1.807) is 30.3 Å². The lowest BCUT2D eigenvalue weighted by Gasteiger charge is -2.28. The molecule has 23 nitrogen and oxygen atoms in total. The molecule has 0 aliphatic carbocycles. The van der Waals surface area contributed by atoms with Crippen LogP contribution < -0.4 is 70.8 Å². The number of hydrogen-bond acceptors (Lipinski definition) is 14. The van der Waals surface area contributed by atoms with E-state index in [0.717, 1.165) is 32.1 Å². The number of rotatable bonds is 25. The van der Waals surface area contributed by atoms with E-state index in [0.29, 0.717) is 12.0 Å². The first-order valence-electron chi connectivity index (χ1n) is 26.5. The average molecular weight is 1040 g/mol. The number of aliphatic hydroxyl groups excluding tert-OH is 1. The van der Waals surface area contributed by atoms with Crippen molar-refractivity contribution in [2.45, 2.75) is 185 Å². The standard InChI is InChI=1S/C51H89N13O10/c1-6-7-8-9-13-16-34(65)30-43(66)57-35(17-22-52)45(68)61-39-21-26-56-44(67)40(27-31(2)3)62-47(70)37(19-24-54)58-46(69)36(18-23-53)60-50(73)41(28-32(4)5)63-51(74)42(29-33-14-11-10-12-15-33)64-48(71)38(20-25-55)59-49(39)72/h10-12,14-15,31-32,34-42,65H,6-9,13,16-30,52-55H2,1-5H3,(H,56,67)(H,57,66)(H,58,69)(H,59,72)(H,60,73)(H,61,68)(H,62,70)(H,63,74)(H,64,71)/t34?,35-,36+,37+,38+,39+,40+,41+,42-/m1/s1. The Kier molecular flexibility index (Phi) is 30.8. The predicted octanol–water partition coefficient (Wildman–Crippen LogP) is -1.77. The molecule has 74 heavy (non-hydrogen) atoms. The number of benzene rings is 1. The van der Waals surface area contributed by atoms with Crippen molar-refractivity contribution in [3.8, 4) is 0 Å². The first-order valence-corrected chi connectivity index (χ1v) is 26.5. The van der Waals surface area contributed by atoms with Crippen LogP contribution in [-0.4, -0.2) is 145 Å². The third kappa shape index (κ3) is 24.5. The summed E-state index contributed by atoms with van der Waals surface area (Å²) in [5.74, 6) is -7.07. The third-order valence-electron chi connectivity index (χ3n) is 12.4. The molecule has 2 rings (SSSR count). The third-order valence-corrected chi connectivity index (χ3v) is 12.4. The number of nitrogens with one attached hydrogen (secondary N) is 9. The lowest BCUT2D eigenvalue weighted by molar-refractivity contribution is -0.136. The van der Waals surface area contributed by atoms with Crippen molar-refractivity contribution in [2.75, 3.05) is 32.7 Å². The Morgan fingerprint density at radius 1 is 0.595 bits per heavy atom. The lowest BCUT2D eigenvalue weighted by Crippen LogP contribution is -2.61. The van der Waals surface area contributed by atoms with Crippen LogP contribution in [0.3, 0.4) is 0 Å². The zero-order chi connectivity index (χ0) is 55.2. The van der Waals surface area contributed by atoms with Crippen molar-refractivity contribution in [3.05, 3.63) is 35.9 Å². The number of amides is 9. The molecule has 23 heteroatoms. The summed E-state index contributed by atoms with van der Waals surface area (Å²) in [5.41, 5.74) is 24.2. The molecule has 418 valence electrons. The molecule has 9 amide bonds. The molecular weight excluding hydrogens is 955 g/mol. The number of hydrogen-bond donors (Lipinski definition) is 14. The van der Waals surface area contributed by atoms with Crippen LogP contribution in [0.15, 0.2) is 30.3 Å². The predicted molar refractivity (Wildman–Crippen MR) is 281 cm³/mol. The first-order chi connectivity index (χ1) is 35.3. The monoisotopic (exact) mass is 1040 g/mol. The van der Waals surface area contributed by atoms with E-state index in [4.69, 9.17) is 22.9 Å². The van der Waals surface area contributed by atoms with Gasteiger partial charge in [0, 0.05) is 13.0 Å².